The fourth-order valence-electron chi connectivity index (χ4n) is 2.38. The molecule has 130 valence electrons. The van der Waals surface area contributed by atoms with Crippen molar-refractivity contribution < 1.29 is 9.53 Å². The maximum Gasteiger partial charge on any atom is 0.280 e. The summed E-state index contributed by atoms with van der Waals surface area (Å²) in [7, 11) is 0. The summed E-state index contributed by atoms with van der Waals surface area (Å²) in [5, 5.41) is 0.511. The van der Waals surface area contributed by atoms with Crippen molar-refractivity contribution in [1.82, 2.24) is 9.66 Å². The van der Waals surface area contributed by atoms with Gasteiger partial charge in [0.15, 0.2) is 6.10 Å². The lowest BCUT2D eigenvalue weighted by molar-refractivity contribution is -0.123. The molecule has 0 fully saturated rings. The van der Waals surface area contributed by atoms with Crippen LogP contribution in [0.4, 0.5) is 0 Å². The molecule has 0 radical (unpaired) electrons. The topological polar surface area (TPSA) is 73.2 Å². The molecule has 0 bridgehead atoms. The number of nitrogens with zero attached hydrogens (tertiary/aromatic N) is 2. The summed E-state index contributed by atoms with van der Waals surface area (Å²) in [6.45, 7) is 5.60. The van der Waals surface area contributed by atoms with Crippen molar-refractivity contribution in [3.05, 3.63) is 57.5 Å². The second-order valence-electron chi connectivity index (χ2n) is 5.76. The predicted octanol–water partition coefficient (Wildman–Crippen LogP) is 2.87. The third kappa shape index (κ3) is 3.71. The molecular formula is C18H19N3O3S. The SMILES string of the molecule is CCc1cc2c(=O)n(NC(=O)[C@H](C)Oc3cccc(C)c3)cnc2s1. The van der Waals surface area contributed by atoms with Crippen LogP contribution in [0.2, 0.25) is 0 Å². The Hall–Kier alpha value is -2.67. The van der Waals surface area contributed by atoms with Gasteiger partial charge in [-0.1, -0.05) is 19.1 Å². The summed E-state index contributed by atoms with van der Waals surface area (Å²) >= 11 is 1.49. The maximum absolute atomic E-state index is 12.5. The molecule has 0 saturated heterocycles. The number of thiophene rings is 1. The van der Waals surface area contributed by atoms with E-state index in [1.165, 1.54) is 17.7 Å². The van der Waals surface area contributed by atoms with E-state index < -0.39 is 12.0 Å². The number of carbonyl (C=O) groups excluding carboxylic acids is 1. The molecule has 0 aliphatic rings. The highest BCUT2D eigenvalue weighted by atomic mass is 32.1. The molecule has 2 heterocycles. The van der Waals surface area contributed by atoms with E-state index in [0.29, 0.717) is 16.0 Å². The standard InChI is InChI=1S/C18H19N3O3S/c1-4-14-9-15-17(25-14)19-10-21(18(15)23)20-16(22)12(3)24-13-7-5-6-11(2)8-13/h5-10,12H,4H2,1-3H3,(H,20,22)/t12-/m0/s1. The van der Waals surface area contributed by atoms with Crippen molar-refractivity contribution in [2.45, 2.75) is 33.3 Å². The highest BCUT2D eigenvalue weighted by Gasteiger charge is 2.17. The van der Waals surface area contributed by atoms with E-state index in [2.05, 4.69) is 10.4 Å². The summed E-state index contributed by atoms with van der Waals surface area (Å²) in [4.78, 5) is 30.8. The Balaban J connectivity index is 1.77. The summed E-state index contributed by atoms with van der Waals surface area (Å²) in [6, 6.07) is 9.27. The van der Waals surface area contributed by atoms with Gasteiger partial charge in [0, 0.05) is 4.88 Å². The number of aromatic nitrogens is 2. The number of ether oxygens (including phenoxy) is 1. The van der Waals surface area contributed by atoms with E-state index in [9.17, 15) is 9.59 Å². The zero-order valence-electron chi connectivity index (χ0n) is 14.3. The number of benzene rings is 1. The molecule has 6 nitrogen and oxygen atoms in total. The van der Waals surface area contributed by atoms with Crippen LogP contribution in [0.1, 0.15) is 24.3 Å². The molecule has 0 spiro atoms. The Labute approximate surface area is 149 Å². The van der Waals surface area contributed by atoms with Crippen molar-refractivity contribution in [2.75, 3.05) is 5.43 Å². The van der Waals surface area contributed by atoms with E-state index in [1.807, 2.05) is 38.1 Å². The molecule has 1 atom stereocenters. The molecule has 0 saturated carbocycles. The van der Waals surface area contributed by atoms with Crippen molar-refractivity contribution in [2.24, 2.45) is 0 Å². The van der Waals surface area contributed by atoms with Crippen molar-refractivity contribution in [1.29, 1.82) is 0 Å². The molecule has 3 aromatic rings. The smallest absolute Gasteiger partial charge is 0.280 e. The molecular weight excluding hydrogens is 338 g/mol. The van der Waals surface area contributed by atoms with E-state index in [0.717, 1.165) is 21.5 Å². The van der Waals surface area contributed by atoms with Gasteiger partial charge in [-0.25, -0.2) is 9.66 Å². The van der Waals surface area contributed by atoms with Gasteiger partial charge in [0.1, 0.15) is 16.9 Å². The normalized spacial score (nSPS) is 12.1. The molecule has 25 heavy (non-hydrogen) atoms. The van der Waals surface area contributed by atoms with E-state index in [1.54, 1.807) is 13.0 Å². The molecule has 1 amide bonds. The minimum absolute atomic E-state index is 0.294. The summed E-state index contributed by atoms with van der Waals surface area (Å²) < 4.78 is 6.74. The van der Waals surface area contributed by atoms with Crippen LogP contribution in [0.25, 0.3) is 10.2 Å². The van der Waals surface area contributed by atoms with Crippen LogP contribution in [0, 0.1) is 6.92 Å². The van der Waals surface area contributed by atoms with Gasteiger partial charge >= 0.3 is 0 Å². The van der Waals surface area contributed by atoms with Gasteiger partial charge in [0.25, 0.3) is 11.5 Å². The zero-order chi connectivity index (χ0) is 18.0. The Kier molecular flexibility index (Phi) is 4.85. The number of aryl methyl sites for hydroxylation is 2. The first-order valence-electron chi connectivity index (χ1n) is 8.02. The fraction of sp³-hybridized carbons (Fsp3) is 0.278. The van der Waals surface area contributed by atoms with Crippen LogP contribution < -0.4 is 15.7 Å². The summed E-state index contributed by atoms with van der Waals surface area (Å²) in [5.74, 6) is 0.185. The second-order valence-corrected chi connectivity index (χ2v) is 6.87. The van der Waals surface area contributed by atoms with Crippen LogP contribution in [-0.2, 0) is 11.2 Å². The second kappa shape index (κ2) is 7.06. The van der Waals surface area contributed by atoms with Gasteiger partial charge in [-0.15, -0.1) is 11.3 Å². The van der Waals surface area contributed by atoms with Gasteiger partial charge in [-0.2, -0.15) is 0 Å². The molecule has 0 aliphatic heterocycles. The minimum atomic E-state index is -0.752. The molecule has 0 unspecified atom stereocenters. The number of fused-ring (bicyclic) bond motifs is 1. The lowest BCUT2D eigenvalue weighted by Crippen LogP contribution is -2.39. The lowest BCUT2D eigenvalue weighted by atomic mass is 10.2. The number of carbonyl (C=O) groups is 1. The number of hydrogen-bond acceptors (Lipinski definition) is 5. The fourth-order valence-corrected chi connectivity index (χ4v) is 3.31. The Bertz CT molecular complexity index is 977. The number of rotatable bonds is 5. The number of amides is 1. The predicted molar refractivity (Wildman–Crippen MR) is 98.9 cm³/mol. The average Bonchev–Trinajstić information content (AvgIpc) is 3.01. The average molecular weight is 357 g/mol. The third-order valence-corrected chi connectivity index (χ3v) is 4.94. The summed E-state index contributed by atoms with van der Waals surface area (Å²) in [5.41, 5.74) is 3.29. The van der Waals surface area contributed by atoms with Crippen molar-refractivity contribution in [3.8, 4) is 5.75 Å². The molecule has 1 N–H and O–H groups in total. The van der Waals surface area contributed by atoms with E-state index >= 15 is 0 Å². The highest BCUT2D eigenvalue weighted by Crippen LogP contribution is 2.20. The molecule has 7 heteroatoms. The van der Waals surface area contributed by atoms with Crippen LogP contribution in [0.15, 0.2) is 41.5 Å². The minimum Gasteiger partial charge on any atom is -0.481 e. The van der Waals surface area contributed by atoms with Crippen molar-refractivity contribution >= 4 is 27.5 Å². The Morgan fingerprint density at radius 1 is 1.40 bits per heavy atom. The molecule has 0 aliphatic carbocycles. The summed E-state index contributed by atoms with van der Waals surface area (Å²) in [6.07, 6.45) is 1.42. The van der Waals surface area contributed by atoms with Gasteiger partial charge in [0.2, 0.25) is 0 Å². The van der Waals surface area contributed by atoms with Crippen LogP contribution >= 0.6 is 11.3 Å². The maximum atomic E-state index is 12.5. The lowest BCUT2D eigenvalue weighted by Gasteiger charge is -2.15. The van der Waals surface area contributed by atoms with Crippen LogP contribution in [-0.4, -0.2) is 21.7 Å². The van der Waals surface area contributed by atoms with Crippen LogP contribution in [0.3, 0.4) is 0 Å². The highest BCUT2D eigenvalue weighted by molar-refractivity contribution is 7.18. The number of hydrogen-bond donors (Lipinski definition) is 1. The van der Waals surface area contributed by atoms with Gasteiger partial charge < -0.3 is 4.74 Å². The third-order valence-electron chi connectivity index (χ3n) is 3.75. The zero-order valence-corrected chi connectivity index (χ0v) is 15.1. The van der Waals surface area contributed by atoms with Gasteiger partial charge in [0.05, 0.1) is 5.39 Å². The monoisotopic (exact) mass is 357 g/mol. The van der Waals surface area contributed by atoms with E-state index in [4.69, 9.17) is 4.74 Å². The Morgan fingerprint density at radius 3 is 2.92 bits per heavy atom. The number of nitrogens with one attached hydrogen (secondary N) is 1. The van der Waals surface area contributed by atoms with E-state index in [-0.39, 0.29) is 5.56 Å². The first kappa shape index (κ1) is 17.2. The van der Waals surface area contributed by atoms with Gasteiger partial charge in [-0.05, 0) is 44.0 Å². The molecule has 2 aromatic heterocycles. The molecule has 1 aromatic carbocycles. The Morgan fingerprint density at radius 2 is 2.20 bits per heavy atom. The van der Waals surface area contributed by atoms with Gasteiger partial charge in [-0.3, -0.25) is 15.0 Å². The largest absolute Gasteiger partial charge is 0.481 e. The quantitative estimate of drug-likeness (QED) is 0.762. The first-order valence-corrected chi connectivity index (χ1v) is 8.84. The molecule has 3 rings (SSSR count). The van der Waals surface area contributed by atoms with Crippen molar-refractivity contribution in [3.63, 3.8) is 0 Å². The first-order chi connectivity index (χ1) is 12.0. The van der Waals surface area contributed by atoms with Crippen LogP contribution in [0.5, 0.6) is 5.75 Å².